The fraction of sp³-hybridized carbons (Fsp3) is 0.556. The van der Waals surface area contributed by atoms with Crippen molar-refractivity contribution in [1.82, 2.24) is 10.2 Å². The third kappa shape index (κ3) is 1.09. The predicted octanol–water partition coefficient (Wildman–Crippen LogP) is 2.35. The Morgan fingerprint density at radius 1 is 1.14 bits per heavy atom. The first kappa shape index (κ1) is 8.89. The van der Waals surface area contributed by atoms with Gasteiger partial charge in [0.25, 0.3) is 0 Å². The first-order valence-electron chi connectivity index (χ1n) is 4.58. The maximum Gasteiger partial charge on any atom is 0.158 e. The van der Waals surface area contributed by atoms with E-state index in [4.69, 9.17) is 27.9 Å². The number of ether oxygens (including phenoxy) is 1. The molecule has 0 radical (unpaired) electrons. The van der Waals surface area contributed by atoms with Crippen molar-refractivity contribution < 1.29 is 4.74 Å². The molecule has 2 heterocycles. The van der Waals surface area contributed by atoms with E-state index >= 15 is 0 Å². The minimum atomic E-state index is -0.176. The average molecular weight is 231 g/mol. The van der Waals surface area contributed by atoms with Crippen molar-refractivity contribution in [3.05, 3.63) is 21.4 Å². The van der Waals surface area contributed by atoms with Crippen molar-refractivity contribution in [1.29, 1.82) is 0 Å². The Kier molecular flexibility index (Phi) is 1.79. The van der Waals surface area contributed by atoms with E-state index in [1.165, 1.54) is 0 Å². The van der Waals surface area contributed by atoms with E-state index in [1.807, 2.05) is 0 Å². The van der Waals surface area contributed by atoms with Crippen molar-refractivity contribution in [3.8, 4) is 0 Å². The van der Waals surface area contributed by atoms with Gasteiger partial charge >= 0.3 is 0 Å². The second-order valence-electron chi connectivity index (χ2n) is 3.73. The fourth-order valence-electron chi connectivity index (χ4n) is 2.05. The largest absolute Gasteiger partial charge is 0.370 e. The summed E-state index contributed by atoms with van der Waals surface area (Å²) in [6.45, 7) is 0.703. The maximum atomic E-state index is 6.03. The standard InChI is InChI=1S/C9H8Cl2N2O/c10-7-5-1-4-14-9(2-3-9)6(5)8(11)13-12-7/h1-4H2. The molecule has 1 saturated carbocycles. The smallest absolute Gasteiger partial charge is 0.158 e. The van der Waals surface area contributed by atoms with Gasteiger partial charge in [0.2, 0.25) is 0 Å². The molecule has 0 saturated heterocycles. The summed E-state index contributed by atoms with van der Waals surface area (Å²) >= 11 is 12.0. The van der Waals surface area contributed by atoms with Crippen LogP contribution in [0.25, 0.3) is 0 Å². The zero-order valence-electron chi connectivity index (χ0n) is 7.39. The number of fused-ring (bicyclic) bond motifs is 2. The summed E-state index contributed by atoms with van der Waals surface area (Å²) in [6, 6.07) is 0. The maximum absolute atomic E-state index is 6.03. The van der Waals surface area contributed by atoms with Gasteiger partial charge in [-0.2, -0.15) is 0 Å². The van der Waals surface area contributed by atoms with Gasteiger partial charge in [-0.15, -0.1) is 10.2 Å². The van der Waals surface area contributed by atoms with Crippen LogP contribution in [-0.4, -0.2) is 16.8 Å². The summed E-state index contributed by atoms with van der Waals surface area (Å²) in [5.41, 5.74) is 1.82. The molecule has 74 valence electrons. The molecule has 0 N–H and O–H groups in total. The highest BCUT2D eigenvalue weighted by Gasteiger charge is 2.51. The molecule has 1 aliphatic heterocycles. The minimum absolute atomic E-state index is 0.176. The van der Waals surface area contributed by atoms with Gasteiger partial charge in [-0.1, -0.05) is 23.2 Å². The summed E-state index contributed by atoms with van der Waals surface area (Å²) in [6.07, 6.45) is 2.81. The fourth-order valence-corrected chi connectivity index (χ4v) is 2.60. The molecule has 0 bridgehead atoms. The van der Waals surface area contributed by atoms with Crippen molar-refractivity contribution in [3.63, 3.8) is 0 Å². The molecular weight excluding hydrogens is 223 g/mol. The highest BCUT2D eigenvalue weighted by molar-refractivity contribution is 6.32. The van der Waals surface area contributed by atoms with Crippen molar-refractivity contribution >= 4 is 23.2 Å². The monoisotopic (exact) mass is 230 g/mol. The minimum Gasteiger partial charge on any atom is -0.370 e. The van der Waals surface area contributed by atoms with Gasteiger partial charge in [-0.25, -0.2) is 0 Å². The van der Waals surface area contributed by atoms with Crippen molar-refractivity contribution in [2.75, 3.05) is 6.61 Å². The summed E-state index contributed by atoms with van der Waals surface area (Å²) in [7, 11) is 0. The number of hydrogen-bond donors (Lipinski definition) is 0. The van der Waals surface area contributed by atoms with Crippen LogP contribution in [0.2, 0.25) is 10.3 Å². The molecule has 5 heteroatoms. The molecule has 0 aromatic carbocycles. The molecule has 0 unspecified atom stereocenters. The Balaban J connectivity index is 2.25. The first-order valence-corrected chi connectivity index (χ1v) is 5.33. The van der Waals surface area contributed by atoms with E-state index in [2.05, 4.69) is 10.2 Å². The van der Waals surface area contributed by atoms with Crippen molar-refractivity contribution in [2.24, 2.45) is 0 Å². The van der Waals surface area contributed by atoms with Gasteiger partial charge in [0.1, 0.15) is 0 Å². The molecular formula is C9H8Cl2N2O. The number of hydrogen-bond acceptors (Lipinski definition) is 3. The van der Waals surface area contributed by atoms with Crippen LogP contribution in [0.1, 0.15) is 24.0 Å². The normalized spacial score (nSPS) is 22.1. The lowest BCUT2D eigenvalue weighted by Gasteiger charge is -2.26. The molecule has 1 aromatic rings. The molecule has 0 atom stereocenters. The number of aromatic nitrogens is 2. The van der Waals surface area contributed by atoms with Crippen LogP contribution in [0.3, 0.4) is 0 Å². The summed E-state index contributed by atoms with van der Waals surface area (Å²) in [5, 5.41) is 8.56. The van der Waals surface area contributed by atoms with Gasteiger partial charge in [-0.05, 0) is 19.3 Å². The Labute approximate surface area is 91.4 Å². The van der Waals surface area contributed by atoms with E-state index < -0.39 is 0 Å². The third-order valence-electron chi connectivity index (χ3n) is 2.87. The topological polar surface area (TPSA) is 35.0 Å². The van der Waals surface area contributed by atoms with Crippen molar-refractivity contribution in [2.45, 2.75) is 24.9 Å². The van der Waals surface area contributed by atoms with Crippen LogP contribution in [0, 0.1) is 0 Å². The van der Waals surface area contributed by atoms with Gasteiger partial charge in [0.05, 0.1) is 12.2 Å². The molecule has 1 spiro atoms. The molecule has 3 rings (SSSR count). The van der Waals surface area contributed by atoms with Crippen LogP contribution in [0.4, 0.5) is 0 Å². The third-order valence-corrected chi connectivity index (χ3v) is 3.44. The SMILES string of the molecule is Clc1nnc(Cl)c2c1CCOC21CC1. The summed E-state index contributed by atoms with van der Waals surface area (Å²) < 4.78 is 5.73. The van der Waals surface area contributed by atoms with Gasteiger partial charge < -0.3 is 4.74 Å². The summed E-state index contributed by atoms with van der Waals surface area (Å²) in [4.78, 5) is 0. The van der Waals surface area contributed by atoms with Gasteiger partial charge in [0, 0.05) is 11.1 Å². The van der Waals surface area contributed by atoms with Crippen LogP contribution in [0.15, 0.2) is 0 Å². The molecule has 1 aromatic heterocycles. The molecule has 1 fully saturated rings. The average Bonchev–Trinajstić information content (AvgIpc) is 2.92. The second-order valence-corrected chi connectivity index (χ2v) is 4.44. The molecule has 2 aliphatic rings. The zero-order chi connectivity index (χ0) is 9.76. The lowest BCUT2D eigenvalue weighted by atomic mass is 9.99. The number of nitrogens with zero attached hydrogens (tertiary/aromatic N) is 2. The quantitative estimate of drug-likeness (QED) is 0.687. The van der Waals surface area contributed by atoms with E-state index in [0.29, 0.717) is 16.9 Å². The van der Waals surface area contributed by atoms with Gasteiger partial charge in [0.15, 0.2) is 10.3 Å². The highest BCUT2D eigenvalue weighted by atomic mass is 35.5. The second kappa shape index (κ2) is 2.81. The Bertz CT molecular complexity index is 404. The first-order chi connectivity index (χ1) is 6.73. The number of halogens is 2. The highest BCUT2D eigenvalue weighted by Crippen LogP contribution is 2.54. The van der Waals surface area contributed by atoms with E-state index in [9.17, 15) is 0 Å². The van der Waals surface area contributed by atoms with Crippen LogP contribution in [0.5, 0.6) is 0 Å². The lowest BCUT2D eigenvalue weighted by Crippen LogP contribution is -2.24. The predicted molar refractivity (Wildman–Crippen MR) is 52.6 cm³/mol. The van der Waals surface area contributed by atoms with Crippen LogP contribution >= 0.6 is 23.2 Å². The molecule has 1 aliphatic carbocycles. The Morgan fingerprint density at radius 2 is 1.86 bits per heavy atom. The number of rotatable bonds is 0. The lowest BCUT2D eigenvalue weighted by molar-refractivity contribution is 0.0194. The molecule has 14 heavy (non-hydrogen) atoms. The summed E-state index contributed by atoms with van der Waals surface area (Å²) in [5.74, 6) is 0. The van der Waals surface area contributed by atoms with E-state index in [-0.39, 0.29) is 5.60 Å². The Morgan fingerprint density at radius 3 is 2.57 bits per heavy atom. The zero-order valence-corrected chi connectivity index (χ0v) is 8.90. The molecule has 3 nitrogen and oxygen atoms in total. The molecule has 0 amide bonds. The van der Waals surface area contributed by atoms with Crippen LogP contribution < -0.4 is 0 Å². The Hall–Kier alpha value is -0.380. The van der Waals surface area contributed by atoms with Crippen LogP contribution in [-0.2, 0) is 16.8 Å². The van der Waals surface area contributed by atoms with E-state index in [1.54, 1.807) is 0 Å². The van der Waals surface area contributed by atoms with E-state index in [0.717, 1.165) is 30.4 Å². The van der Waals surface area contributed by atoms with Gasteiger partial charge in [-0.3, -0.25) is 0 Å².